The van der Waals surface area contributed by atoms with Crippen LogP contribution < -0.4 is 5.32 Å². The summed E-state index contributed by atoms with van der Waals surface area (Å²) in [5, 5.41) is 10.9. The summed E-state index contributed by atoms with van der Waals surface area (Å²) in [5.74, 6) is 0.672. The van der Waals surface area contributed by atoms with Gasteiger partial charge in [-0.2, -0.15) is 0 Å². The highest BCUT2D eigenvalue weighted by molar-refractivity contribution is 7.84. The van der Waals surface area contributed by atoms with Gasteiger partial charge in [0.15, 0.2) is 0 Å². The minimum Gasteiger partial charge on any atom is -0.308 e. The van der Waals surface area contributed by atoms with Crippen molar-refractivity contribution in [1.82, 2.24) is 20.3 Å². The second-order valence-corrected chi connectivity index (χ2v) is 4.85. The first-order valence-electron chi connectivity index (χ1n) is 4.46. The maximum absolute atomic E-state index is 10.9. The molecule has 80 valence electrons. The van der Waals surface area contributed by atoms with E-state index >= 15 is 0 Å². The summed E-state index contributed by atoms with van der Waals surface area (Å²) in [7, 11) is 1.10. The van der Waals surface area contributed by atoms with Crippen LogP contribution in [0.15, 0.2) is 6.20 Å². The number of aromatic nitrogens is 3. The summed E-state index contributed by atoms with van der Waals surface area (Å²) < 4.78 is 12.6. The maximum Gasteiger partial charge on any atom is 0.0738 e. The molecular weight excluding hydrogens is 200 g/mol. The van der Waals surface area contributed by atoms with Gasteiger partial charge in [0.1, 0.15) is 0 Å². The van der Waals surface area contributed by atoms with E-state index in [1.165, 1.54) is 0 Å². The quantitative estimate of drug-likeness (QED) is 0.732. The van der Waals surface area contributed by atoms with E-state index in [1.54, 1.807) is 17.1 Å². The second-order valence-electron chi connectivity index (χ2n) is 3.37. The third kappa shape index (κ3) is 3.55. The van der Waals surface area contributed by atoms with E-state index in [2.05, 4.69) is 15.6 Å². The largest absolute Gasteiger partial charge is 0.308 e. The van der Waals surface area contributed by atoms with Crippen LogP contribution in [0.5, 0.6) is 0 Å². The number of rotatable bonds is 5. The van der Waals surface area contributed by atoms with Gasteiger partial charge < -0.3 is 5.32 Å². The van der Waals surface area contributed by atoms with Crippen molar-refractivity contribution in [3.05, 3.63) is 11.9 Å². The number of nitrogens with one attached hydrogen (secondary N) is 1. The molecule has 14 heavy (non-hydrogen) atoms. The predicted molar refractivity (Wildman–Crippen MR) is 56.2 cm³/mol. The summed E-state index contributed by atoms with van der Waals surface area (Å²) in [6, 6.07) is 0.246. The Morgan fingerprint density at radius 1 is 1.71 bits per heavy atom. The fourth-order valence-electron chi connectivity index (χ4n) is 1.16. The molecule has 0 spiro atoms. The van der Waals surface area contributed by atoms with Gasteiger partial charge in [-0.3, -0.25) is 8.89 Å². The molecule has 1 N–H and O–H groups in total. The molecule has 0 radical (unpaired) electrons. The van der Waals surface area contributed by atoms with Crippen molar-refractivity contribution < 1.29 is 4.21 Å². The lowest BCUT2D eigenvalue weighted by atomic mass is 10.3. The van der Waals surface area contributed by atoms with Crippen molar-refractivity contribution in [3.63, 3.8) is 0 Å². The highest BCUT2D eigenvalue weighted by Gasteiger charge is 2.05. The van der Waals surface area contributed by atoms with Gasteiger partial charge in [0, 0.05) is 42.4 Å². The lowest BCUT2D eigenvalue weighted by Gasteiger charge is -2.11. The molecule has 1 aromatic rings. The molecule has 0 aliphatic heterocycles. The zero-order valence-electron chi connectivity index (χ0n) is 8.73. The second kappa shape index (κ2) is 5.21. The highest BCUT2D eigenvalue weighted by Crippen LogP contribution is 1.94. The topological polar surface area (TPSA) is 59.8 Å². The molecule has 2 unspecified atom stereocenters. The van der Waals surface area contributed by atoms with E-state index in [0.717, 1.165) is 5.69 Å². The number of hydrogen-bond donors (Lipinski definition) is 1. The third-order valence-corrected chi connectivity index (χ3v) is 2.89. The standard InChI is InChI=1S/C8H16N4OS/c1-7(6-14(3)13)9-4-8-5-10-11-12(8)2/h5,7,9H,4,6H2,1-3H3. The summed E-state index contributed by atoms with van der Waals surface area (Å²) in [4.78, 5) is 0. The first-order chi connectivity index (χ1) is 6.59. The van der Waals surface area contributed by atoms with Crippen LogP contribution in [0.3, 0.4) is 0 Å². The first-order valence-corrected chi connectivity index (χ1v) is 6.19. The molecule has 0 aliphatic rings. The summed E-state index contributed by atoms with van der Waals surface area (Å²) in [6.45, 7) is 2.73. The predicted octanol–water partition coefficient (Wildman–Crippen LogP) is -0.328. The SMILES string of the molecule is CC(CS(C)=O)NCc1cnnn1C. The third-order valence-electron chi connectivity index (χ3n) is 1.92. The fraction of sp³-hybridized carbons (Fsp3) is 0.750. The van der Waals surface area contributed by atoms with Gasteiger partial charge in [0.05, 0.1) is 11.9 Å². The van der Waals surface area contributed by atoms with E-state index in [0.29, 0.717) is 12.3 Å². The molecule has 0 aliphatic carbocycles. The molecule has 1 aromatic heterocycles. The highest BCUT2D eigenvalue weighted by atomic mass is 32.2. The lowest BCUT2D eigenvalue weighted by molar-refractivity contribution is 0.558. The summed E-state index contributed by atoms with van der Waals surface area (Å²) in [6.07, 6.45) is 3.44. The Morgan fingerprint density at radius 3 is 2.93 bits per heavy atom. The van der Waals surface area contributed by atoms with E-state index < -0.39 is 10.8 Å². The molecule has 6 heteroatoms. The van der Waals surface area contributed by atoms with Crippen molar-refractivity contribution in [3.8, 4) is 0 Å². The number of aryl methyl sites for hydroxylation is 1. The molecule has 0 amide bonds. The van der Waals surface area contributed by atoms with E-state index in [4.69, 9.17) is 0 Å². The maximum atomic E-state index is 10.9. The Balaban J connectivity index is 2.34. The van der Waals surface area contributed by atoms with Gasteiger partial charge >= 0.3 is 0 Å². The van der Waals surface area contributed by atoms with Crippen LogP contribution in [-0.4, -0.2) is 37.3 Å². The van der Waals surface area contributed by atoms with Gasteiger partial charge in [0.2, 0.25) is 0 Å². The van der Waals surface area contributed by atoms with Gasteiger partial charge in [-0.05, 0) is 6.92 Å². The average Bonchev–Trinajstić information content (AvgIpc) is 2.46. The van der Waals surface area contributed by atoms with Crippen LogP contribution in [-0.2, 0) is 24.4 Å². The Kier molecular flexibility index (Phi) is 4.21. The van der Waals surface area contributed by atoms with Crippen molar-refractivity contribution >= 4 is 10.8 Å². The van der Waals surface area contributed by atoms with E-state index in [9.17, 15) is 4.21 Å². The minimum absolute atomic E-state index is 0.246. The minimum atomic E-state index is -0.750. The van der Waals surface area contributed by atoms with Gasteiger partial charge in [-0.25, -0.2) is 0 Å². The number of nitrogens with zero attached hydrogens (tertiary/aromatic N) is 3. The molecular formula is C8H16N4OS. The van der Waals surface area contributed by atoms with Gasteiger partial charge in [-0.1, -0.05) is 5.21 Å². The van der Waals surface area contributed by atoms with Crippen molar-refractivity contribution in [2.24, 2.45) is 7.05 Å². The van der Waals surface area contributed by atoms with Gasteiger partial charge in [0.25, 0.3) is 0 Å². The molecule has 0 aromatic carbocycles. The van der Waals surface area contributed by atoms with Crippen LogP contribution in [0.1, 0.15) is 12.6 Å². The Labute approximate surface area is 86.3 Å². The Morgan fingerprint density at radius 2 is 2.43 bits per heavy atom. The van der Waals surface area contributed by atoms with Crippen LogP contribution in [0, 0.1) is 0 Å². The van der Waals surface area contributed by atoms with Crippen molar-refractivity contribution in [2.45, 2.75) is 19.5 Å². The van der Waals surface area contributed by atoms with Crippen LogP contribution in [0.2, 0.25) is 0 Å². The zero-order valence-corrected chi connectivity index (χ0v) is 9.54. The lowest BCUT2D eigenvalue weighted by Crippen LogP contribution is -2.31. The van der Waals surface area contributed by atoms with E-state index in [1.807, 2.05) is 14.0 Å². The molecule has 0 saturated heterocycles. The Hall–Kier alpha value is -0.750. The summed E-state index contributed by atoms with van der Waals surface area (Å²) >= 11 is 0. The first kappa shape index (κ1) is 11.3. The fourth-order valence-corrected chi connectivity index (χ4v) is 1.98. The molecule has 0 bridgehead atoms. The molecule has 2 atom stereocenters. The smallest absolute Gasteiger partial charge is 0.0738 e. The molecule has 1 rings (SSSR count). The normalized spacial score (nSPS) is 15.4. The van der Waals surface area contributed by atoms with E-state index in [-0.39, 0.29) is 6.04 Å². The van der Waals surface area contributed by atoms with Crippen LogP contribution in [0.25, 0.3) is 0 Å². The van der Waals surface area contributed by atoms with Gasteiger partial charge in [-0.15, -0.1) is 5.10 Å². The molecule has 0 saturated carbocycles. The summed E-state index contributed by atoms with van der Waals surface area (Å²) in [5.41, 5.74) is 1.03. The van der Waals surface area contributed by atoms with Crippen LogP contribution in [0.4, 0.5) is 0 Å². The molecule has 1 heterocycles. The Bertz CT molecular complexity index is 312. The molecule has 5 nitrogen and oxygen atoms in total. The van der Waals surface area contributed by atoms with Crippen LogP contribution >= 0.6 is 0 Å². The monoisotopic (exact) mass is 216 g/mol. The average molecular weight is 216 g/mol. The molecule has 0 fully saturated rings. The number of hydrogen-bond acceptors (Lipinski definition) is 4. The van der Waals surface area contributed by atoms with Crippen molar-refractivity contribution in [1.29, 1.82) is 0 Å². The van der Waals surface area contributed by atoms with Crippen molar-refractivity contribution in [2.75, 3.05) is 12.0 Å². The zero-order chi connectivity index (χ0) is 10.6.